The highest BCUT2D eigenvalue weighted by molar-refractivity contribution is 7.53. The summed E-state index contributed by atoms with van der Waals surface area (Å²) in [6.45, 7) is 14.5. The molecule has 4 aliphatic rings. The maximum Gasteiger partial charge on any atom is 0.329 e. The maximum atomic E-state index is 14.6. The number of Topliss-reactive ketones (excluding diaryl/α,β-unsaturated/α-hetero) is 3. The molecule has 3 aliphatic heterocycles. The van der Waals surface area contributed by atoms with Gasteiger partial charge in [0.1, 0.15) is 30.1 Å². The number of hydrogen-bond acceptors (Lipinski definition) is 16. The van der Waals surface area contributed by atoms with Gasteiger partial charge >= 0.3 is 13.6 Å². The van der Waals surface area contributed by atoms with E-state index in [1.54, 1.807) is 41.1 Å². The van der Waals surface area contributed by atoms with Gasteiger partial charge in [-0.05, 0) is 107 Å². The van der Waals surface area contributed by atoms with E-state index in [0.717, 1.165) is 5.57 Å². The van der Waals surface area contributed by atoms with E-state index in [-0.39, 0.29) is 56.0 Å². The van der Waals surface area contributed by atoms with Crippen LogP contribution in [-0.2, 0) is 66.0 Å². The first-order valence-electron chi connectivity index (χ1n) is 26.4. The topological polar surface area (TPSA) is 220 Å². The summed E-state index contributed by atoms with van der Waals surface area (Å²) in [7, 11) is 2.60. The quantitative estimate of drug-likeness (QED) is 0.0629. The summed E-state index contributed by atoms with van der Waals surface area (Å²) in [6, 6.07) is -1.18. The SMILES string of the molecule is COCCOP(C)(=O)O[C@@H]1CC[C@@H](C[C@@H](C)C2CC(=O)[C@H](C)/C=C(\C)[C@@H](O)[C@@H](OC)C(=O)[C@H](C)C[C@H](C)/C=C/C=C/C=C(\C)[C@@H](OC)C[C@@H]3CC[C@@H](C)[C@@](O)(O3)C(=O)C(=O)N3CCCC[C@H]3C(=O)O2)C[C@H]1OC. The number of ether oxygens (including phenoxy) is 6. The third-order valence-corrected chi connectivity index (χ3v) is 16.7. The molecule has 3 heterocycles. The Labute approximate surface area is 434 Å². The molecular weight excluding hydrogens is 962 g/mol. The summed E-state index contributed by atoms with van der Waals surface area (Å²) in [5.41, 5.74) is 1.24. The highest BCUT2D eigenvalue weighted by Crippen LogP contribution is 2.48. The first-order valence-corrected chi connectivity index (χ1v) is 28.4. The van der Waals surface area contributed by atoms with Crippen molar-refractivity contribution in [2.45, 2.75) is 180 Å². The minimum Gasteiger partial charge on any atom is -0.460 e. The van der Waals surface area contributed by atoms with Crippen LogP contribution >= 0.6 is 7.60 Å². The molecule has 2 bridgehead atoms. The lowest BCUT2D eigenvalue weighted by atomic mass is 9.78. The van der Waals surface area contributed by atoms with Crippen LogP contribution in [0.2, 0.25) is 0 Å². The van der Waals surface area contributed by atoms with Crippen LogP contribution in [0.3, 0.4) is 0 Å². The average molecular weight is 1050 g/mol. The highest BCUT2D eigenvalue weighted by Gasteiger charge is 2.53. The number of amides is 1. The Morgan fingerprint density at radius 3 is 2.25 bits per heavy atom. The van der Waals surface area contributed by atoms with Gasteiger partial charge in [-0.1, -0.05) is 71.1 Å². The van der Waals surface area contributed by atoms with Crippen molar-refractivity contribution in [1.29, 1.82) is 0 Å². The van der Waals surface area contributed by atoms with Crippen LogP contribution in [0, 0.1) is 35.5 Å². The van der Waals surface area contributed by atoms with Crippen LogP contribution in [0.5, 0.6) is 0 Å². The highest BCUT2D eigenvalue weighted by atomic mass is 31.2. The van der Waals surface area contributed by atoms with Crippen LogP contribution in [0.25, 0.3) is 0 Å². The molecule has 1 amide bonds. The normalized spacial score (nSPS) is 38.2. The fourth-order valence-electron chi connectivity index (χ4n) is 10.8. The lowest BCUT2D eigenvalue weighted by Gasteiger charge is -2.42. The number of esters is 1. The summed E-state index contributed by atoms with van der Waals surface area (Å²) in [4.78, 5) is 72.5. The number of aliphatic hydroxyl groups excluding tert-OH is 1. The van der Waals surface area contributed by atoms with Crippen molar-refractivity contribution < 1.29 is 76.2 Å². The monoisotopic (exact) mass is 1050 g/mol. The van der Waals surface area contributed by atoms with Crippen LogP contribution in [0.15, 0.2) is 47.6 Å². The van der Waals surface area contributed by atoms with E-state index in [1.807, 2.05) is 58.1 Å². The molecule has 0 spiro atoms. The van der Waals surface area contributed by atoms with Crippen LogP contribution in [0.1, 0.15) is 126 Å². The summed E-state index contributed by atoms with van der Waals surface area (Å²) in [6.07, 6.45) is 10.6. The minimum atomic E-state index is -3.43. The fourth-order valence-corrected chi connectivity index (χ4v) is 12.0. The second-order valence-corrected chi connectivity index (χ2v) is 23.3. The molecule has 4 rings (SSSR count). The van der Waals surface area contributed by atoms with Crippen molar-refractivity contribution in [3.05, 3.63) is 47.6 Å². The number of ketones is 3. The second-order valence-electron chi connectivity index (χ2n) is 21.3. The third-order valence-electron chi connectivity index (χ3n) is 15.4. The number of rotatable bonds is 12. The van der Waals surface area contributed by atoms with Crippen molar-refractivity contribution in [3.8, 4) is 0 Å². The summed E-state index contributed by atoms with van der Waals surface area (Å²) < 4.78 is 59.5. The Balaban J connectivity index is 1.68. The fraction of sp³-hybridized carbons (Fsp3) is 0.764. The van der Waals surface area contributed by atoms with E-state index in [2.05, 4.69) is 0 Å². The molecule has 16 atom stereocenters. The molecule has 0 aromatic rings. The Kier molecular flexibility index (Phi) is 25.0. The van der Waals surface area contributed by atoms with Gasteiger partial charge in [-0.2, -0.15) is 0 Å². The summed E-state index contributed by atoms with van der Waals surface area (Å²) in [5.74, 6) is -8.35. The predicted molar refractivity (Wildman–Crippen MR) is 275 cm³/mol. The van der Waals surface area contributed by atoms with E-state index >= 15 is 0 Å². The number of nitrogens with zero attached hydrogens (tertiary/aromatic N) is 1. The Morgan fingerprint density at radius 2 is 1.58 bits per heavy atom. The number of cyclic esters (lactones) is 1. The number of hydrogen-bond donors (Lipinski definition) is 2. The molecular formula is C55H88NO16P. The number of carbonyl (C=O) groups excluding carboxylic acids is 5. The van der Waals surface area contributed by atoms with Crippen LogP contribution < -0.4 is 0 Å². The number of aliphatic hydroxyl groups is 2. The molecule has 73 heavy (non-hydrogen) atoms. The second kappa shape index (κ2) is 29.3. The summed E-state index contributed by atoms with van der Waals surface area (Å²) in [5, 5.41) is 23.5. The number of methoxy groups -OCH3 is 4. The number of fused-ring (bicyclic) bond motifs is 3. The van der Waals surface area contributed by atoms with Crippen molar-refractivity contribution in [3.63, 3.8) is 0 Å². The van der Waals surface area contributed by atoms with Gasteiger partial charge < -0.3 is 52.6 Å². The molecule has 414 valence electrons. The molecule has 17 nitrogen and oxygen atoms in total. The first kappa shape index (κ1) is 62.3. The lowest BCUT2D eigenvalue weighted by molar-refractivity contribution is -0.265. The number of piperidine rings is 1. The third kappa shape index (κ3) is 17.7. The lowest BCUT2D eigenvalue weighted by Crippen LogP contribution is -2.61. The number of carbonyl (C=O) groups is 5. The van der Waals surface area contributed by atoms with Gasteiger partial charge in [0.15, 0.2) is 5.78 Å². The first-order chi connectivity index (χ1) is 34.5. The number of allylic oxidation sites excluding steroid dienone is 6. The molecule has 18 heteroatoms. The smallest absolute Gasteiger partial charge is 0.329 e. The maximum absolute atomic E-state index is 14.6. The van der Waals surface area contributed by atoms with Gasteiger partial charge in [-0.15, -0.1) is 0 Å². The van der Waals surface area contributed by atoms with Gasteiger partial charge in [0.2, 0.25) is 5.79 Å². The molecule has 1 aliphatic carbocycles. The zero-order valence-electron chi connectivity index (χ0n) is 45.7. The Hall–Kier alpha value is -3.22. The minimum absolute atomic E-state index is 0.00279. The zero-order chi connectivity index (χ0) is 54.2. The van der Waals surface area contributed by atoms with Gasteiger partial charge in [0.05, 0.1) is 37.6 Å². The molecule has 0 aromatic carbocycles. The van der Waals surface area contributed by atoms with E-state index in [0.29, 0.717) is 69.8 Å². The molecule has 1 saturated carbocycles. The predicted octanol–water partition coefficient (Wildman–Crippen LogP) is 7.69. The van der Waals surface area contributed by atoms with Crippen molar-refractivity contribution in [2.75, 3.05) is 54.9 Å². The standard InChI is InChI=1S/C55H88NO16P/c1-34-18-14-13-15-19-35(2)46(66-9)32-42-23-21-40(7)55(63,71-42)52(60)53(61)56-25-17-16-20-43(56)54(62)70-47(33-44(57)36(3)29-39(6)50(59)51(68-11)49(58)38(5)28-34)37(4)30-41-22-24-45(48(31-41)67-10)72-73(12,64)69-27-26-65-8/h13-15,18-19,29,34,36-38,40-43,45-48,50-51,59,63H,16-17,20-28,30-33H2,1-12H3/b15-13+,18-14+,35-19+,39-29+/t34-,36-,37-,38-,40-,41+,42+,43+,45-,46+,47?,48-,50-,51+,55-,73?/m1/s1. The van der Waals surface area contributed by atoms with E-state index < -0.39 is 103 Å². The van der Waals surface area contributed by atoms with Crippen LogP contribution in [-0.4, -0.2) is 154 Å². The molecule has 2 N–H and O–H groups in total. The van der Waals surface area contributed by atoms with Gasteiger partial charge in [-0.3, -0.25) is 23.7 Å². The zero-order valence-corrected chi connectivity index (χ0v) is 46.6. The molecule has 0 aromatic heterocycles. The van der Waals surface area contributed by atoms with Crippen molar-refractivity contribution in [1.82, 2.24) is 4.90 Å². The van der Waals surface area contributed by atoms with Crippen molar-refractivity contribution in [2.24, 2.45) is 35.5 Å². The van der Waals surface area contributed by atoms with Gasteiger partial charge in [0.25, 0.3) is 11.7 Å². The largest absolute Gasteiger partial charge is 0.460 e. The summed E-state index contributed by atoms with van der Waals surface area (Å²) >= 11 is 0. The van der Waals surface area contributed by atoms with E-state index in [1.165, 1.54) is 25.8 Å². The van der Waals surface area contributed by atoms with Gasteiger partial charge in [0, 0.05) is 72.2 Å². The van der Waals surface area contributed by atoms with Crippen LogP contribution in [0.4, 0.5) is 0 Å². The van der Waals surface area contributed by atoms with Gasteiger partial charge in [-0.25, -0.2) is 4.79 Å². The molecule has 2 saturated heterocycles. The van der Waals surface area contributed by atoms with E-state index in [4.69, 9.17) is 37.5 Å². The molecule has 2 unspecified atom stereocenters. The molecule has 3 fully saturated rings. The Morgan fingerprint density at radius 1 is 0.849 bits per heavy atom. The van der Waals surface area contributed by atoms with E-state index in [9.17, 15) is 38.8 Å². The molecule has 0 radical (unpaired) electrons. The average Bonchev–Trinajstić information content (AvgIpc) is 3.35. The Bertz CT molecular complexity index is 2020. The van der Waals surface area contributed by atoms with Crippen molar-refractivity contribution >= 4 is 36.8 Å².